The van der Waals surface area contributed by atoms with E-state index in [1.807, 2.05) is 0 Å². The highest BCUT2D eigenvalue weighted by Crippen LogP contribution is 2.17. The first-order valence-corrected chi connectivity index (χ1v) is 3.64. The molecule has 5 heteroatoms. The molecule has 0 atom stereocenters. The molecule has 0 aliphatic carbocycles. The van der Waals surface area contributed by atoms with Gasteiger partial charge in [0.05, 0.1) is 12.0 Å². The van der Waals surface area contributed by atoms with Crippen molar-refractivity contribution < 1.29 is 14.6 Å². The van der Waals surface area contributed by atoms with E-state index in [4.69, 9.17) is 9.84 Å². The fraction of sp³-hybridized carbons (Fsp3) is 0.125. The standard InChI is InChI=1S/C8H6N2O3/c11-8(12)7-5-3-13-2-1-6(5)9-4-10-7/h1-2,4H,3H2,(H,11,12). The van der Waals surface area contributed by atoms with Gasteiger partial charge in [-0.2, -0.15) is 0 Å². The van der Waals surface area contributed by atoms with Crippen LogP contribution >= 0.6 is 0 Å². The first kappa shape index (κ1) is 7.72. The summed E-state index contributed by atoms with van der Waals surface area (Å²) in [6, 6.07) is 0. The summed E-state index contributed by atoms with van der Waals surface area (Å²) < 4.78 is 4.96. The van der Waals surface area contributed by atoms with Crippen LogP contribution in [0.5, 0.6) is 0 Å². The molecule has 5 nitrogen and oxygen atoms in total. The van der Waals surface area contributed by atoms with Crippen molar-refractivity contribution in [3.63, 3.8) is 0 Å². The molecule has 0 aromatic carbocycles. The molecular weight excluding hydrogens is 172 g/mol. The number of hydrogen-bond acceptors (Lipinski definition) is 4. The van der Waals surface area contributed by atoms with E-state index in [0.29, 0.717) is 11.3 Å². The first-order valence-electron chi connectivity index (χ1n) is 3.64. The summed E-state index contributed by atoms with van der Waals surface area (Å²) in [4.78, 5) is 18.3. The van der Waals surface area contributed by atoms with Gasteiger partial charge in [0, 0.05) is 5.56 Å². The zero-order chi connectivity index (χ0) is 9.26. The number of rotatable bonds is 1. The number of carbonyl (C=O) groups is 1. The molecule has 0 fully saturated rings. The van der Waals surface area contributed by atoms with E-state index in [2.05, 4.69) is 9.97 Å². The van der Waals surface area contributed by atoms with Crippen LogP contribution in [0.2, 0.25) is 0 Å². The van der Waals surface area contributed by atoms with E-state index in [1.54, 1.807) is 6.08 Å². The molecule has 0 spiro atoms. The molecule has 0 unspecified atom stereocenters. The number of aromatic nitrogens is 2. The summed E-state index contributed by atoms with van der Waals surface area (Å²) >= 11 is 0. The fourth-order valence-corrected chi connectivity index (χ4v) is 1.14. The van der Waals surface area contributed by atoms with Crippen LogP contribution in [-0.2, 0) is 11.3 Å². The van der Waals surface area contributed by atoms with E-state index < -0.39 is 5.97 Å². The molecule has 1 N–H and O–H groups in total. The van der Waals surface area contributed by atoms with Crippen molar-refractivity contribution >= 4 is 12.0 Å². The summed E-state index contributed by atoms with van der Waals surface area (Å²) in [5, 5.41) is 8.77. The monoisotopic (exact) mass is 178 g/mol. The third kappa shape index (κ3) is 1.24. The highest BCUT2D eigenvalue weighted by molar-refractivity contribution is 5.88. The quantitative estimate of drug-likeness (QED) is 0.684. The lowest BCUT2D eigenvalue weighted by Gasteiger charge is -2.11. The minimum Gasteiger partial charge on any atom is -0.496 e. The van der Waals surface area contributed by atoms with Gasteiger partial charge in [0.25, 0.3) is 0 Å². The number of aromatic carboxylic acids is 1. The van der Waals surface area contributed by atoms with Gasteiger partial charge in [-0.05, 0) is 6.08 Å². The number of carboxylic acid groups (broad SMARTS) is 1. The predicted molar refractivity (Wildman–Crippen MR) is 42.8 cm³/mol. The van der Waals surface area contributed by atoms with Gasteiger partial charge >= 0.3 is 5.97 Å². The van der Waals surface area contributed by atoms with Crippen LogP contribution in [0.15, 0.2) is 12.6 Å². The van der Waals surface area contributed by atoms with Gasteiger partial charge in [0.15, 0.2) is 5.69 Å². The maximum absolute atomic E-state index is 10.7. The Labute approximate surface area is 73.7 Å². The zero-order valence-corrected chi connectivity index (χ0v) is 6.60. The smallest absolute Gasteiger partial charge is 0.355 e. The van der Waals surface area contributed by atoms with Crippen molar-refractivity contribution in [1.82, 2.24) is 9.97 Å². The third-order valence-corrected chi connectivity index (χ3v) is 1.73. The SMILES string of the molecule is O=C(O)c1ncnc2c1COC=C2. The van der Waals surface area contributed by atoms with E-state index >= 15 is 0 Å². The topological polar surface area (TPSA) is 72.3 Å². The van der Waals surface area contributed by atoms with Crippen molar-refractivity contribution in [2.75, 3.05) is 0 Å². The summed E-state index contributed by atoms with van der Waals surface area (Å²) in [5.74, 6) is -1.06. The molecule has 2 heterocycles. The van der Waals surface area contributed by atoms with Crippen LogP contribution in [0, 0.1) is 0 Å². The van der Waals surface area contributed by atoms with E-state index in [-0.39, 0.29) is 12.3 Å². The van der Waals surface area contributed by atoms with Crippen LogP contribution in [0.3, 0.4) is 0 Å². The van der Waals surface area contributed by atoms with Gasteiger partial charge in [-0.1, -0.05) is 0 Å². The van der Waals surface area contributed by atoms with Crippen LogP contribution < -0.4 is 0 Å². The Morgan fingerprint density at radius 1 is 1.54 bits per heavy atom. The summed E-state index contributed by atoms with van der Waals surface area (Å²) in [5.41, 5.74) is 1.14. The minimum atomic E-state index is -1.06. The van der Waals surface area contributed by atoms with Crippen molar-refractivity contribution in [2.24, 2.45) is 0 Å². The molecule has 0 saturated carbocycles. The Morgan fingerprint density at radius 2 is 2.38 bits per heavy atom. The molecule has 1 aromatic heterocycles. The molecular formula is C8H6N2O3. The van der Waals surface area contributed by atoms with Crippen LogP contribution in [0.1, 0.15) is 21.7 Å². The van der Waals surface area contributed by atoms with E-state index in [9.17, 15) is 4.79 Å². The third-order valence-electron chi connectivity index (χ3n) is 1.73. The second-order valence-electron chi connectivity index (χ2n) is 2.50. The predicted octanol–water partition coefficient (Wildman–Crippen LogP) is 0.676. The maximum Gasteiger partial charge on any atom is 0.355 e. The van der Waals surface area contributed by atoms with Gasteiger partial charge in [0.2, 0.25) is 0 Å². The number of hydrogen-bond donors (Lipinski definition) is 1. The summed E-state index contributed by atoms with van der Waals surface area (Å²) in [6.45, 7) is 0.217. The van der Waals surface area contributed by atoms with Crippen molar-refractivity contribution in [3.05, 3.63) is 29.5 Å². The average molecular weight is 178 g/mol. The van der Waals surface area contributed by atoms with Crippen LogP contribution in [0.25, 0.3) is 6.08 Å². The molecule has 0 radical (unpaired) electrons. The molecule has 13 heavy (non-hydrogen) atoms. The highest BCUT2D eigenvalue weighted by Gasteiger charge is 2.17. The molecule has 0 amide bonds. The normalized spacial score (nSPS) is 13.2. The molecule has 2 rings (SSSR count). The highest BCUT2D eigenvalue weighted by atomic mass is 16.5. The Balaban J connectivity index is 2.59. The van der Waals surface area contributed by atoms with Crippen molar-refractivity contribution in [2.45, 2.75) is 6.61 Å². The molecule has 1 aromatic rings. The number of nitrogens with zero attached hydrogens (tertiary/aromatic N) is 2. The lowest BCUT2D eigenvalue weighted by atomic mass is 10.1. The van der Waals surface area contributed by atoms with Crippen LogP contribution in [-0.4, -0.2) is 21.0 Å². The minimum absolute atomic E-state index is 0.00866. The van der Waals surface area contributed by atoms with Gasteiger partial charge < -0.3 is 9.84 Å². The number of carboxylic acids is 1. The van der Waals surface area contributed by atoms with Gasteiger partial charge in [-0.25, -0.2) is 14.8 Å². The Morgan fingerprint density at radius 3 is 3.15 bits per heavy atom. The maximum atomic E-state index is 10.7. The molecule has 66 valence electrons. The van der Waals surface area contributed by atoms with Crippen LogP contribution in [0.4, 0.5) is 0 Å². The number of ether oxygens (including phenoxy) is 1. The fourth-order valence-electron chi connectivity index (χ4n) is 1.14. The lowest BCUT2D eigenvalue weighted by molar-refractivity contribution is 0.0685. The summed E-state index contributed by atoms with van der Waals surface area (Å²) in [7, 11) is 0. The molecule has 0 saturated heterocycles. The molecule has 1 aliphatic heterocycles. The van der Waals surface area contributed by atoms with Gasteiger partial charge in [-0.3, -0.25) is 0 Å². The molecule has 0 bridgehead atoms. The summed E-state index contributed by atoms with van der Waals surface area (Å²) in [6.07, 6.45) is 4.34. The Kier molecular flexibility index (Phi) is 1.70. The Bertz CT molecular complexity index is 387. The number of fused-ring (bicyclic) bond motifs is 1. The van der Waals surface area contributed by atoms with Crippen molar-refractivity contribution in [1.29, 1.82) is 0 Å². The average Bonchev–Trinajstić information content (AvgIpc) is 2.17. The Hall–Kier alpha value is -1.91. The van der Waals surface area contributed by atoms with E-state index in [1.165, 1.54) is 12.6 Å². The zero-order valence-electron chi connectivity index (χ0n) is 6.60. The second-order valence-corrected chi connectivity index (χ2v) is 2.50. The first-order chi connectivity index (χ1) is 6.29. The largest absolute Gasteiger partial charge is 0.496 e. The van der Waals surface area contributed by atoms with Crippen molar-refractivity contribution in [3.8, 4) is 0 Å². The lowest BCUT2D eigenvalue weighted by Crippen LogP contribution is -2.11. The van der Waals surface area contributed by atoms with Gasteiger partial charge in [-0.15, -0.1) is 0 Å². The second kappa shape index (κ2) is 2.85. The molecule has 1 aliphatic rings. The van der Waals surface area contributed by atoms with Gasteiger partial charge in [0.1, 0.15) is 12.9 Å². The van der Waals surface area contributed by atoms with E-state index in [0.717, 1.165) is 0 Å².